The highest BCUT2D eigenvalue weighted by Gasteiger charge is 2.32. The number of cyclic esters (lactones) is 1. The number of unbranched alkanes of at least 4 members (excludes halogenated alkanes) is 1. The Morgan fingerprint density at radius 2 is 2.42 bits per heavy atom. The van der Waals surface area contributed by atoms with Crippen molar-refractivity contribution in [1.82, 2.24) is 0 Å². The first-order chi connectivity index (χ1) is 5.77. The van der Waals surface area contributed by atoms with E-state index in [1.54, 1.807) is 0 Å². The average molecular weight is 282 g/mol. The van der Waals surface area contributed by atoms with Crippen molar-refractivity contribution < 1.29 is 9.53 Å². The van der Waals surface area contributed by atoms with Gasteiger partial charge in [-0.2, -0.15) is 0 Å². The van der Waals surface area contributed by atoms with Gasteiger partial charge in [0, 0.05) is 10.3 Å². The van der Waals surface area contributed by atoms with Crippen LogP contribution in [0.15, 0.2) is 0 Å². The number of rotatable bonds is 4. The van der Waals surface area contributed by atoms with Gasteiger partial charge < -0.3 is 4.74 Å². The Balaban J connectivity index is 2.35. The number of esters is 1. The van der Waals surface area contributed by atoms with Crippen LogP contribution in [0.25, 0.3) is 0 Å². The van der Waals surface area contributed by atoms with E-state index in [9.17, 15) is 4.79 Å². The Bertz CT molecular complexity index is 159. The van der Waals surface area contributed by atoms with Gasteiger partial charge in [-0.1, -0.05) is 42.4 Å². The van der Waals surface area contributed by atoms with Gasteiger partial charge in [0.1, 0.15) is 6.10 Å². The first kappa shape index (κ1) is 10.3. The second kappa shape index (κ2) is 5.04. The normalized spacial score (nSPS) is 29.0. The molecule has 1 heterocycles. The summed E-state index contributed by atoms with van der Waals surface area (Å²) < 4.78 is 6.26. The van der Waals surface area contributed by atoms with Gasteiger partial charge in [0.2, 0.25) is 0 Å². The van der Waals surface area contributed by atoms with Gasteiger partial charge in [-0.3, -0.25) is 4.79 Å². The van der Waals surface area contributed by atoms with Crippen molar-refractivity contribution in [3.63, 3.8) is 0 Å². The average Bonchev–Trinajstić information content (AvgIpc) is 2.42. The molecule has 0 aromatic rings. The minimum atomic E-state index is -0.00207. The lowest BCUT2D eigenvalue weighted by Gasteiger charge is -2.14. The van der Waals surface area contributed by atoms with E-state index in [0.29, 0.717) is 12.3 Å². The molecule has 2 unspecified atom stereocenters. The molecule has 0 saturated carbocycles. The predicted molar refractivity (Wildman–Crippen MR) is 56.4 cm³/mol. The third-order valence-corrected chi connectivity index (χ3v) is 3.41. The van der Waals surface area contributed by atoms with Crippen molar-refractivity contribution in [2.24, 2.45) is 5.92 Å². The monoisotopic (exact) mass is 282 g/mol. The molecular weight excluding hydrogens is 267 g/mol. The van der Waals surface area contributed by atoms with Crippen molar-refractivity contribution in [3.05, 3.63) is 0 Å². The highest BCUT2D eigenvalue weighted by atomic mass is 127. The molecule has 1 aliphatic heterocycles. The molecule has 0 aromatic heterocycles. The lowest BCUT2D eigenvalue weighted by atomic mass is 9.99. The second-order valence-electron chi connectivity index (χ2n) is 3.29. The fourth-order valence-electron chi connectivity index (χ4n) is 1.51. The second-order valence-corrected chi connectivity index (χ2v) is 4.17. The topological polar surface area (TPSA) is 26.3 Å². The van der Waals surface area contributed by atoms with Gasteiger partial charge in [-0.05, 0) is 6.42 Å². The molecule has 0 radical (unpaired) electrons. The molecule has 2 nitrogen and oxygen atoms in total. The molecular formula is C9H15IO2. The Kier molecular flexibility index (Phi) is 4.32. The summed E-state index contributed by atoms with van der Waals surface area (Å²) in [7, 11) is 0. The maximum atomic E-state index is 11.0. The van der Waals surface area contributed by atoms with Crippen LogP contribution in [0.4, 0.5) is 0 Å². The summed E-state index contributed by atoms with van der Waals surface area (Å²) in [6.07, 6.45) is 4.26. The minimum absolute atomic E-state index is 0.00207. The molecule has 0 bridgehead atoms. The number of hydrogen-bond donors (Lipinski definition) is 0. The van der Waals surface area contributed by atoms with E-state index >= 15 is 0 Å². The van der Waals surface area contributed by atoms with Crippen LogP contribution in [0.1, 0.15) is 32.6 Å². The Hall–Kier alpha value is 0.200. The van der Waals surface area contributed by atoms with Crippen molar-refractivity contribution in [2.45, 2.75) is 38.7 Å². The largest absolute Gasteiger partial charge is 0.462 e. The number of carbonyl (C=O) groups is 1. The fourth-order valence-corrected chi connectivity index (χ4v) is 2.39. The molecule has 2 atom stereocenters. The van der Waals surface area contributed by atoms with Crippen LogP contribution in [0.3, 0.4) is 0 Å². The standard InChI is InChI=1S/C9H15IO2/c1-2-3-4-8-7(6-10)5-9(11)12-8/h7-8H,2-6H2,1H3. The fraction of sp³-hybridized carbons (Fsp3) is 0.889. The van der Waals surface area contributed by atoms with Gasteiger partial charge in [0.15, 0.2) is 0 Å². The van der Waals surface area contributed by atoms with Crippen LogP contribution >= 0.6 is 22.6 Å². The molecule has 1 aliphatic rings. The van der Waals surface area contributed by atoms with Gasteiger partial charge in [0.25, 0.3) is 0 Å². The lowest BCUT2D eigenvalue weighted by Crippen LogP contribution is -2.16. The molecule has 0 spiro atoms. The molecule has 1 rings (SSSR count). The van der Waals surface area contributed by atoms with Crippen molar-refractivity contribution in [2.75, 3.05) is 4.43 Å². The minimum Gasteiger partial charge on any atom is -0.462 e. The molecule has 0 aromatic carbocycles. The Labute approximate surface area is 87.2 Å². The zero-order valence-corrected chi connectivity index (χ0v) is 9.54. The van der Waals surface area contributed by atoms with Crippen LogP contribution in [0, 0.1) is 5.92 Å². The molecule has 3 heteroatoms. The number of carbonyl (C=O) groups excluding carboxylic acids is 1. The first-order valence-electron chi connectivity index (χ1n) is 4.53. The summed E-state index contributed by atoms with van der Waals surface area (Å²) in [5.41, 5.74) is 0. The summed E-state index contributed by atoms with van der Waals surface area (Å²) in [5.74, 6) is 0.474. The van der Waals surface area contributed by atoms with E-state index in [4.69, 9.17) is 4.74 Å². The van der Waals surface area contributed by atoms with E-state index in [-0.39, 0.29) is 12.1 Å². The molecule has 1 fully saturated rings. The highest BCUT2D eigenvalue weighted by Crippen LogP contribution is 2.27. The van der Waals surface area contributed by atoms with Crippen LogP contribution in [-0.2, 0) is 9.53 Å². The lowest BCUT2D eigenvalue weighted by molar-refractivity contribution is -0.141. The third kappa shape index (κ3) is 2.61. The predicted octanol–water partition coefficient (Wildman–Crippen LogP) is 2.54. The quantitative estimate of drug-likeness (QED) is 0.450. The van der Waals surface area contributed by atoms with Gasteiger partial charge in [0.05, 0.1) is 6.42 Å². The van der Waals surface area contributed by atoms with Crippen LogP contribution in [-0.4, -0.2) is 16.5 Å². The van der Waals surface area contributed by atoms with Gasteiger partial charge in [-0.15, -0.1) is 0 Å². The zero-order chi connectivity index (χ0) is 8.97. The number of alkyl halides is 1. The van der Waals surface area contributed by atoms with Crippen LogP contribution in [0.2, 0.25) is 0 Å². The molecule has 0 aliphatic carbocycles. The number of halogens is 1. The summed E-state index contributed by atoms with van der Waals surface area (Å²) in [6, 6.07) is 0. The highest BCUT2D eigenvalue weighted by molar-refractivity contribution is 14.1. The van der Waals surface area contributed by atoms with Gasteiger partial charge in [-0.25, -0.2) is 0 Å². The van der Waals surface area contributed by atoms with Crippen molar-refractivity contribution in [1.29, 1.82) is 0 Å². The number of hydrogen-bond acceptors (Lipinski definition) is 2. The van der Waals surface area contributed by atoms with Gasteiger partial charge >= 0.3 is 5.97 Å². The summed E-state index contributed by atoms with van der Waals surface area (Å²) in [4.78, 5) is 11.0. The SMILES string of the molecule is CCCCC1OC(=O)CC1CI. The first-order valence-corrected chi connectivity index (χ1v) is 6.06. The molecule has 70 valence electrons. The summed E-state index contributed by atoms with van der Waals surface area (Å²) >= 11 is 2.33. The van der Waals surface area contributed by atoms with E-state index in [0.717, 1.165) is 10.8 Å². The Morgan fingerprint density at radius 3 is 3.00 bits per heavy atom. The Morgan fingerprint density at radius 1 is 1.67 bits per heavy atom. The smallest absolute Gasteiger partial charge is 0.306 e. The summed E-state index contributed by atoms with van der Waals surface area (Å²) in [5, 5.41) is 0. The molecule has 1 saturated heterocycles. The maximum absolute atomic E-state index is 11.0. The number of ether oxygens (including phenoxy) is 1. The molecule has 12 heavy (non-hydrogen) atoms. The van der Waals surface area contributed by atoms with E-state index < -0.39 is 0 Å². The van der Waals surface area contributed by atoms with E-state index in [1.165, 1.54) is 12.8 Å². The van der Waals surface area contributed by atoms with E-state index in [1.807, 2.05) is 0 Å². The third-order valence-electron chi connectivity index (χ3n) is 2.28. The zero-order valence-electron chi connectivity index (χ0n) is 7.38. The van der Waals surface area contributed by atoms with E-state index in [2.05, 4.69) is 29.5 Å². The van der Waals surface area contributed by atoms with Crippen LogP contribution < -0.4 is 0 Å². The van der Waals surface area contributed by atoms with Crippen molar-refractivity contribution in [3.8, 4) is 0 Å². The van der Waals surface area contributed by atoms with Crippen LogP contribution in [0.5, 0.6) is 0 Å². The summed E-state index contributed by atoms with van der Waals surface area (Å²) in [6.45, 7) is 2.16. The van der Waals surface area contributed by atoms with Crippen molar-refractivity contribution >= 4 is 28.6 Å². The maximum Gasteiger partial charge on any atom is 0.306 e. The molecule has 0 N–H and O–H groups in total. The molecule has 0 amide bonds.